The van der Waals surface area contributed by atoms with Gasteiger partial charge in [-0.1, -0.05) is 18.2 Å². The number of aryl methyl sites for hydroxylation is 2. The van der Waals surface area contributed by atoms with E-state index in [1.54, 1.807) is 11.0 Å². The molecule has 1 aliphatic rings. The smallest absolute Gasteiger partial charge is 0.295 e. The molecule has 34 heavy (non-hydrogen) atoms. The summed E-state index contributed by atoms with van der Waals surface area (Å²) >= 11 is 0. The van der Waals surface area contributed by atoms with Crippen molar-refractivity contribution in [2.45, 2.75) is 33.2 Å². The van der Waals surface area contributed by atoms with Gasteiger partial charge in [0.1, 0.15) is 17.3 Å². The fourth-order valence-electron chi connectivity index (χ4n) is 4.50. The second kappa shape index (κ2) is 10.7. The van der Waals surface area contributed by atoms with E-state index in [4.69, 9.17) is 9.47 Å². The fraction of sp³-hybridized carbons (Fsp3) is 0.407. The van der Waals surface area contributed by atoms with Crippen molar-refractivity contribution in [3.05, 3.63) is 64.2 Å². The molecule has 1 unspecified atom stereocenters. The van der Waals surface area contributed by atoms with Crippen LogP contribution in [-0.4, -0.2) is 67.5 Å². The Morgan fingerprint density at radius 1 is 1.15 bits per heavy atom. The maximum absolute atomic E-state index is 13.3. The van der Waals surface area contributed by atoms with Crippen LogP contribution in [0.1, 0.15) is 41.6 Å². The van der Waals surface area contributed by atoms with Gasteiger partial charge in [0.25, 0.3) is 11.7 Å². The van der Waals surface area contributed by atoms with Crippen molar-refractivity contribution >= 4 is 17.4 Å². The number of hydrogen-bond acceptors (Lipinski definition) is 6. The summed E-state index contributed by atoms with van der Waals surface area (Å²) < 4.78 is 11.2. The summed E-state index contributed by atoms with van der Waals surface area (Å²) in [6.45, 7) is 7.32. The van der Waals surface area contributed by atoms with Gasteiger partial charge in [-0.15, -0.1) is 0 Å². The first-order chi connectivity index (χ1) is 16.2. The van der Waals surface area contributed by atoms with Gasteiger partial charge in [0, 0.05) is 6.54 Å². The van der Waals surface area contributed by atoms with Crippen LogP contribution in [0.2, 0.25) is 0 Å². The Labute approximate surface area is 201 Å². The van der Waals surface area contributed by atoms with Crippen LogP contribution in [0.4, 0.5) is 0 Å². The highest BCUT2D eigenvalue weighted by Crippen LogP contribution is 2.42. The molecular formula is C27H34N2O5. The molecule has 182 valence electrons. The van der Waals surface area contributed by atoms with Crippen LogP contribution in [0.3, 0.4) is 0 Å². The lowest BCUT2D eigenvalue weighted by molar-refractivity contribution is -0.139. The van der Waals surface area contributed by atoms with Crippen LogP contribution in [-0.2, 0) is 9.59 Å². The number of nitrogens with zero attached hydrogens (tertiary/aromatic N) is 2. The van der Waals surface area contributed by atoms with Gasteiger partial charge in [-0.2, -0.15) is 0 Å². The molecular weight excluding hydrogens is 432 g/mol. The third kappa shape index (κ3) is 5.09. The molecule has 3 rings (SSSR count). The van der Waals surface area contributed by atoms with Crippen molar-refractivity contribution in [3.63, 3.8) is 0 Å². The Bertz CT molecular complexity index is 1110. The van der Waals surface area contributed by atoms with Gasteiger partial charge in [0.15, 0.2) is 0 Å². The number of carbonyl (C=O) groups excluding carboxylic acids is 2. The zero-order valence-electron chi connectivity index (χ0n) is 20.8. The lowest BCUT2D eigenvalue weighted by Gasteiger charge is -2.26. The van der Waals surface area contributed by atoms with E-state index in [2.05, 4.69) is 0 Å². The predicted octanol–water partition coefficient (Wildman–Crippen LogP) is 4.08. The number of ketones is 1. The zero-order valence-corrected chi connectivity index (χ0v) is 20.8. The second-order valence-electron chi connectivity index (χ2n) is 8.82. The van der Waals surface area contributed by atoms with Crippen molar-refractivity contribution in [1.29, 1.82) is 0 Å². The van der Waals surface area contributed by atoms with E-state index in [0.29, 0.717) is 42.2 Å². The minimum Gasteiger partial charge on any atom is -0.507 e. The number of carbonyl (C=O) groups is 2. The molecule has 1 aliphatic heterocycles. The van der Waals surface area contributed by atoms with Gasteiger partial charge in [0.05, 0.1) is 30.9 Å². The summed E-state index contributed by atoms with van der Waals surface area (Å²) in [5, 5.41) is 11.5. The maximum atomic E-state index is 13.3. The van der Waals surface area contributed by atoms with E-state index >= 15 is 0 Å². The first kappa shape index (κ1) is 25.3. The highest BCUT2D eigenvalue weighted by Gasteiger charge is 2.46. The average molecular weight is 467 g/mol. The Morgan fingerprint density at radius 3 is 2.53 bits per heavy atom. The second-order valence-corrected chi connectivity index (χ2v) is 8.82. The number of aliphatic hydroxyl groups excluding tert-OH is 1. The van der Waals surface area contributed by atoms with Gasteiger partial charge in [-0.05, 0) is 82.7 Å². The molecule has 1 fully saturated rings. The molecule has 0 bridgehead atoms. The quantitative estimate of drug-likeness (QED) is 0.341. The lowest BCUT2D eigenvalue weighted by atomic mass is 9.93. The van der Waals surface area contributed by atoms with E-state index < -0.39 is 17.7 Å². The first-order valence-electron chi connectivity index (χ1n) is 11.5. The van der Waals surface area contributed by atoms with Crippen LogP contribution in [0.15, 0.2) is 42.0 Å². The highest BCUT2D eigenvalue weighted by molar-refractivity contribution is 6.46. The van der Waals surface area contributed by atoms with Gasteiger partial charge in [-0.25, -0.2) is 0 Å². The van der Waals surface area contributed by atoms with E-state index in [9.17, 15) is 14.7 Å². The van der Waals surface area contributed by atoms with Crippen LogP contribution < -0.4 is 9.47 Å². The van der Waals surface area contributed by atoms with Crippen LogP contribution >= 0.6 is 0 Å². The van der Waals surface area contributed by atoms with Crippen molar-refractivity contribution < 1.29 is 24.2 Å². The Morgan fingerprint density at radius 2 is 1.88 bits per heavy atom. The summed E-state index contributed by atoms with van der Waals surface area (Å²) in [5.41, 5.74) is 2.91. The van der Waals surface area contributed by atoms with E-state index in [-0.39, 0.29) is 11.3 Å². The zero-order chi connectivity index (χ0) is 25.0. The van der Waals surface area contributed by atoms with Crippen molar-refractivity contribution in [2.75, 3.05) is 40.9 Å². The van der Waals surface area contributed by atoms with E-state index in [1.165, 1.54) is 7.11 Å². The number of hydrogen-bond donors (Lipinski definition) is 1. The van der Waals surface area contributed by atoms with Crippen molar-refractivity contribution in [3.8, 4) is 11.5 Å². The highest BCUT2D eigenvalue weighted by atomic mass is 16.5. The van der Waals surface area contributed by atoms with Crippen LogP contribution in [0.25, 0.3) is 5.76 Å². The fourth-order valence-corrected chi connectivity index (χ4v) is 4.50. The molecule has 1 amide bonds. The minimum atomic E-state index is -0.729. The number of ether oxygens (including phenoxy) is 2. The third-order valence-electron chi connectivity index (χ3n) is 5.91. The number of benzene rings is 2. The number of amides is 1. The SMILES string of the molecule is CCOc1cccc(C2/C(=C(\O)c3cc(C)cc(C)c3OC)C(=O)C(=O)N2CCCN(C)C)c1. The van der Waals surface area contributed by atoms with Crippen LogP contribution in [0, 0.1) is 13.8 Å². The number of rotatable bonds is 9. The molecule has 2 aromatic carbocycles. The van der Waals surface area contributed by atoms with Gasteiger partial charge >= 0.3 is 0 Å². The molecule has 0 aromatic heterocycles. The number of Topliss-reactive ketones (excluding diaryl/α,β-unsaturated/α-hetero) is 1. The minimum absolute atomic E-state index is 0.0619. The molecule has 7 nitrogen and oxygen atoms in total. The lowest BCUT2D eigenvalue weighted by Crippen LogP contribution is -2.32. The molecule has 0 saturated carbocycles. The number of methoxy groups -OCH3 is 1. The summed E-state index contributed by atoms with van der Waals surface area (Å²) in [4.78, 5) is 30.0. The molecule has 0 spiro atoms. The standard InChI is InChI=1S/C27H34N2O5/c1-7-34-20-11-8-10-19(16-20)23-22(25(31)27(32)29(23)13-9-12-28(4)5)24(30)21-15-17(2)14-18(3)26(21)33-6/h8,10-11,14-16,23,30H,7,9,12-13H2,1-6H3/b24-22+. The molecule has 1 N–H and O–H groups in total. The Balaban J connectivity index is 2.20. The molecule has 7 heteroatoms. The van der Waals surface area contributed by atoms with Gasteiger partial charge in [-0.3, -0.25) is 9.59 Å². The molecule has 1 heterocycles. The third-order valence-corrected chi connectivity index (χ3v) is 5.91. The number of likely N-dealkylation sites (tertiary alicyclic amines) is 1. The van der Waals surface area contributed by atoms with Crippen molar-refractivity contribution in [1.82, 2.24) is 9.80 Å². The number of aliphatic hydroxyl groups is 1. The van der Waals surface area contributed by atoms with Crippen molar-refractivity contribution in [2.24, 2.45) is 0 Å². The molecule has 2 aromatic rings. The molecule has 1 atom stereocenters. The molecule has 1 saturated heterocycles. The largest absolute Gasteiger partial charge is 0.507 e. The summed E-state index contributed by atoms with van der Waals surface area (Å²) in [6.07, 6.45) is 0.689. The Kier molecular flexibility index (Phi) is 7.99. The summed E-state index contributed by atoms with van der Waals surface area (Å²) in [6, 6.07) is 10.3. The topological polar surface area (TPSA) is 79.3 Å². The summed E-state index contributed by atoms with van der Waals surface area (Å²) in [5.74, 6) is -0.429. The van der Waals surface area contributed by atoms with E-state index in [1.807, 2.05) is 70.1 Å². The van der Waals surface area contributed by atoms with Gasteiger partial charge < -0.3 is 24.4 Å². The maximum Gasteiger partial charge on any atom is 0.295 e. The van der Waals surface area contributed by atoms with E-state index in [0.717, 1.165) is 17.7 Å². The normalized spacial score (nSPS) is 17.5. The first-order valence-corrected chi connectivity index (χ1v) is 11.5. The van der Waals surface area contributed by atoms with Crippen LogP contribution in [0.5, 0.6) is 11.5 Å². The average Bonchev–Trinajstić information content (AvgIpc) is 3.03. The Hall–Kier alpha value is -3.32. The monoisotopic (exact) mass is 466 g/mol. The van der Waals surface area contributed by atoms with Gasteiger partial charge in [0.2, 0.25) is 0 Å². The molecule has 0 radical (unpaired) electrons. The molecule has 0 aliphatic carbocycles. The predicted molar refractivity (Wildman–Crippen MR) is 132 cm³/mol. The summed E-state index contributed by atoms with van der Waals surface area (Å²) in [7, 11) is 5.45.